The number of amides is 1. The molecule has 2 aromatic carbocycles. The van der Waals surface area contributed by atoms with Gasteiger partial charge < -0.3 is 9.88 Å². The van der Waals surface area contributed by atoms with E-state index < -0.39 is 0 Å². The maximum atomic E-state index is 12.9. The molecule has 0 aliphatic carbocycles. The van der Waals surface area contributed by atoms with Crippen LogP contribution >= 0.6 is 11.8 Å². The van der Waals surface area contributed by atoms with Crippen LogP contribution in [0, 0.1) is 5.82 Å². The van der Waals surface area contributed by atoms with Crippen LogP contribution < -0.4 is 5.32 Å². The molecule has 0 saturated heterocycles. The second-order valence-corrected chi connectivity index (χ2v) is 8.25. The summed E-state index contributed by atoms with van der Waals surface area (Å²) in [5.74, 6) is 2.31. The summed E-state index contributed by atoms with van der Waals surface area (Å²) in [4.78, 5) is 13.1. The van der Waals surface area contributed by atoms with Gasteiger partial charge in [0, 0.05) is 41.3 Å². The third-order valence-corrected chi connectivity index (χ3v) is 5.96. The van der Waals surface area contributed by atoms with Crippen molar-refractivity contribution in [2.24, 2.45) is 0 Å². The zero-order valence-corrected chi connectivity index (χ0v) is 16.9. The first-order chi connectivity index (χ1) is 14.2. The quantitative estimate of drug-likeness (QED) is 0.585. The highest BCUT2D eigenvalue weighted by Crippen LogP contribution is 2.24. The molecule has 1 aromatic heterocycles. The standard InChI is InChI=1S/C22H23FN4OS/c23-17-7-11-19(12-8-17)29-15-13-21(28)24-18-9-5-16(6-10-18)22-26-25-20-4-2-1-3-14-27(20)22/h5-12H,1-4,13-15H2,(H,24,28). The van der Waals surface area contributed by atoms with Gasteiger partial charge in [-0.2, -0.15) is 0 Å². The predicted molar refractivity (Wildman–Crippen MR) is 113 cm³/mol. The van der Waals surface area contributed by atoms with Crippen molar-refractivity contribution in [2.75, 3.05) is 11.1 Å². The number of benzene rings is 2. The number of halogens is 1. The first-order valence-electron chi connectivity index (χ1n) is 9.90. The summed E-state index contributed by atoms with van der Waals surface area (Å²) in [5, 5.41) is 11.6. The molecule has 0 fully saturated rings. The van der Waals surface area contributed by atoms with Crippen molar-refractivity contribution in [3.63, 3.8) is 0 Å². The summed E-state index contributed by atoms with van der Waals surface area (Å²) in [6, 6.07) is 14.1. The minimum Gasteiger partial charge on any atom is -0.326 e. The summed E-state index contributed by atoms with van der Waals surface area (Å²) in [5.41, 5.74) is 1.77. The molecule has 4 rings (SSSR count). The number of hydrogen-bond acceptors (Lipinski definition) is 4. The molecule has 150 valence electrons. The first kappa shape index (κ1) is 19.6. The zero-order chi connectivity index (χ0) is 20.1. The first-order valence-corrected chi connectivity index (χ1v) is 10.9. The average molecular weight is 411 g/mol. The number of carbonyl (C=O) groups is 1. The molecule has 1 N–H and O–H groups in total. The summed E-state index contributed by atoms with van der Waals surface area (Å²) in [6.45, 7) is 0.960. The van der Waals surface area contributed by atoms with Gasteiger partial charge in [0.05, 0.1) is 0 Å². The molecular formula is C22H23FN4OS. The van der Waals surface area contributed by atoms with Crippen molar-refractivity contribution in [3.05, 3.63) is 60.2 Å². The third kappa shape index (κ3) is 5.03. The Bertz CT molecular complexity index is 969. The molecule has 0 spiro atoms. The Morgan fingerprint density at radius 2 is 1.83 bits per heavy atom. The molecule has 29 heavy (non-hydrogen) atoms. The lowest BCUT2D eigenvalue weighted by atomic mass is 10.2. The van der Waals surface area contributed by atoms with E-state index in [0.717, 1.165) is 47.2 Å². The summed E-state index contributed by atoms with van der Waals surface area (Å²) < 4.78 is 15.1. The van der Waals surface area contributed by atoms with Crippen molar-refractivity contribution in [1.29, 1.82) is 0 Å². The normalized spacial score (nSPS) is 13.6. The van der Waals surface area contributed by atoms with Crippen molar-refractivity contribution >= 4 is 23.4 Å². The Hall–Kier alpha value is -2.67. The molecule has 0 radical (unpaired) electrons. The molecule has 1 aliphatic rings. The van der Waals surface area contributed by atoms with Gasteiger partial charge in [-0.1, -0.05) is 6.42 Å². The van der Waals surface area contributed by atoms with Gasteiger partial charge in [-0.15, -0.1) is 22.0 Å². The van der Waals surface area contributed by atoms with Gasteiger partial charge in [-0.3, -0.25) is 4.79 Å². The Labute approximate surface area is 173 Å². The van der Waals surface area contributed by atoms with Gasteiger partial charge in [0.25, 0.3) is 0 Å². The number of thioether (sulfide) groups is 1. The summed E-state index contributed by atoms with van der Waals surface area (Å²) in [6.07, 6.45) is 4.93. The minimum atomic E-state index is -0.252. The Morgan fingerprint density at radius 1 is 1.03 bits per heavy atom. The Balaban J connectivity index is 1.32. The van der Waals surface area contributed by atoms with Gasteiger partial charge in [-0.05, 0) is 61.4 Å². The molecule has 2 heterocycles. The van der Waals surface area contributed by atoms with Crippen LogP contribution in [0.25, 0.3) is 11.4 Å². The smallest absolute Gasteiger partial charge is 0.225 e. The molecule has 1 aliphatic heterocycles. The number of carbonyl (C=O) groups excluding carboxylic acids is 1. The summed E-state index contributed by atoms with van der Waals surface area (Å²) in [7, 11) is 0. The van der Waals surface area contributed by atoms with Crippen molar-refractivity contribution in [3.8, 4) is 11.4 Å². The molecule has 1 amide bonds. The molecule has 0 bridgehead atoms. The Morgan fingerprint density at radius 3 is 2.62 bits per heavy atom. The maximum Gasteiger partial charge on any atom is 0.225 e. The van der Waals surface area contributed by atoms with E-state index in [1.54, 1.807) is 12.1 Å². The van der Waals surface area contributed by atoms with Crippen LogP contribution in [0.2, 0.25) is 0 Å². The SMILES string of the molecule is O=C(CCSc1ccc(F)cc1)Nc1ccc(-c2nnc3n2CCCCC3)cc1. The second kappa shape index (κ2) is 9.22. The number of nitrogens with one attached hydrogen (secondary N) is 1. The molecular weight excluding hydrogens is 387 g/mol. The van der Waals surface area contributed by atoms with Crippen LogP contribution in [0.5, 0.6) is 0 Å². The van der Waals surface area contributed by atoms with Gasteiger partial charge in [-0.25, -0.2) is 4.39 Å². The van der Waals surface area contributed by atoms with Crippen LogP contribution in [0.4, 0.5) is 10.1 Å². The van der Waals surface area contributed by atoms with E-state index >= 15 is 0 Å². The second-order valence-electron chi connectivity index (χ2n) is 7.08. The fraction of sp³-hybridized carbons (Fsp3) is 0.318. The van der Waals surface area contributed by atoms with Crippen LogP contribution in [0.15, 0.2) is 53.4 Å². The fourth-order valence-electron chi connectivity index (χ4n) is 3.42. The van der Waals surface area contributed by atoms with Gasteiger partial charge in [0.1, 0.15) is 11.6 Å². The molecule has 0 unspecified atom stereocenters. The highest BCUT2D eigenvalue weighted by Gasteiger charge is 2.16. The molecule has 3 aromatic rings. The number of rotatable bonds is 6. The maximum absolute atomic E-state index is 12.9. The Kier molecular flexibility index (Phi) is 6.24. The van der Waals surface area contributed by atoms with Crippen LogP contribution in [0.1, 0.15) is 31.5 Å². The predicted octanol–water partition coefficient (Wildman–Crippen LogP) is 4.93. The third-order valence-electron chi connectivity index (χ3n) is 4.95. The van der Waals surface area contributed by atoms with E-state index in [9.17, 15) is 9.18 Å². The van der Waals surface area contributed by atoms with E-state index in [-0.39, 0.29) is 11.7 Å². The van der Waals surface area contributed by atoms with Crippen molar-refractivity contribution < 1.29 is 9.18 Å². The number of hydrogen-bond donors (Lipinski definition) is 1. The van der Waals surface area contributed by atoms with E-state index in [2.05, 4.69) is 20.1 Å². The van der Waals surface area contributed by atoms with Crippen molar-refractivity contribution in [1.82, 2.24) is 14.8 Å². The van der Waals surface area contributed by atoms with E-state index in [1.165, 1.54) is 36.7 Å². The van der Waals surface area contributed by atoms with Crippen LogP contribution in [-0.2, 0) is 17.8 Å². The van der Waals surface area contributed by atoms with E-state index in [4.69, 9.17) is 0 Å². The lowest BCUT2D eigenvalue weighted by Crippen LogP contribution is -2.12. The van der Waals surface area contributed by atoms with Gasteiger partial charge in [0.2, 0.25) is 5.91 Å². The number of nitrogens with zero attached hydrogens (tertiary/aromatic N) is 3. The number of aromatic nitrogens is 3. The summed E-state index contributed by atoms with van der Waals surface area (Å²) >= 11 is 1.54. The lowest BCUT2D eigenvalue weighted by Gasteiger charge is -2.09. The molecule has 0 atom stereocenters. The lowest BCUT2D eigenvalue weighted by molar-refractivity contribution is -0.115. The topological polar surface area (TPSA) is 59.8 Å². The highest BCUT2D eigenvalue weighted by molar-refractivity contribution is 7.99. The number of aryl methyl sites for hydroxylation is 1. The van der Waals surface area contributed by atoms with E-state index in [1.807, 2.05) is 24.3 Å². The monoisotopic (exact) mass is 410 g/mol. The van der Waals surface area contributed by atoms with Crippen LogP contribution in [0.3, 0.4) is 0 Å². The molecule has 7 heteroatoms. The largest absolute Gasteiger partial charge is 0.326 e. The highest BCUT2D eigenvalue weighted by atomic mass is 32.2. The molecule has 0 saturated carbocycles. The molecule has 5 nitrogen and oxygen atoms in total. The average Bonchev–Trinajstić information content (AvgIpc) is 2.98. The zero-order valence-electron chi connectivity index (χ0n) is 16.1. The van der Waals surface area contributed by atoms with E-state index in [0.29, 0.717) is 12.2 Å². The van der Waals surface area contributed by atoms with Gasteiger partial charge in [0.15, 0.2) is 5.82 Å². The number of fused-ring (bicyclic) bond motifs is 1. The van der Waals surface area contributed by atoms with Crippen molar-refractivity contribution in [2.45, 2.75) is 43.5 Å². The van der Waals surface area contributed by atoms with Gasteiger partial charge >= 0.3 is 0 Å². The number of anilines is 1. The van der Waals surface area contributed by atoms with Crippen LogP contribution in [-0.4, -0.2) is 26.4 Å². The fourth-order valence-corrected chi connectivity index (χ4v) is 4.27. The minimum absolute atomic E-state index is 0.0382.